The van der Waals surface area contributed by atoms with E-state index >= 15 is 0 Å². The molecule has 216 valence electrons. The molecule has 2 amide bonds. The maximum atomic E-state index is 13.5. The van der Waals surface area contributed by atoms with Crippen LogP contribution in [-0.4, -0.2) is 65.2 Å². The third-order valence-corrected chi connectivity index (χ3v) is 7.35. The average molecular weight is 591 g/mol. The molecule has 1 aromatic carbocycles. The lowest BCUT2D eigenvalue weighted by atomic mass is 10.1. The highest BCUT2D eigenvalue weighted by molar-refractivity contribution is 6.33. The fourth-order valence-corrected chi connectivity index (χ4v) is 5.43. The Hall–Kier alpha value is -3.68. The highest BCUT2D eigenvalue weighted by Gasteiger charge is 2.41. The number of hydrogen-bond acceptors (Lipinski definition) is 8. The van der Waals surface area contributed by atoms with Crippen LogP contribution >= 0.6 is 11.6 Å². The molecule has 0 radical (unpaired) electrons. The first kappa shape index (κ1) is 27.5. The molecular weight excluding hydrogens is 565 g/mol. The summed E-state index contributed by atoms with van der Waals surface area (Å²) in [7, 11) is 0. The molecule has 41 heavy (non-hydrogen) atoms. The Morgan fingerprint density at radius 2 is 2.07 bits per heavy atom. The first-order valence-corrected chi connectivity index (χ1v) is 13.3. The van der Waals surface area contributed by atoms with Crippen LogP contribution in [0.15, 0.2) is 42.7 Å². The van der Waals surface area contributed by atoms with Crippen LogP contribution in [0.25, 0.3) is 11.3 Å². The van der Waals surface area contributed by atoms with Gasteiger partial charge in [0.15, 0.2) is 17.4 Å². The predicted octanol–water partition coefficient (Wildman–Crippen LogP) is 5.37. The lowest BCUT2D eigenvalue weighted by Crippen LogP contribution is -2.48. The second-order valence-electron chi connectivity index (χ2n) is 10.4. The van der Waals surface area contributed by atoms with Crippen LogP contribution in [0.4, 0.5) is 35.3 Å². The van der Waals surface area contributed by atoms with E-state index in [2.05, 4.69) is 25.2 Å². The summed E-state index contributed by atoms with van der Waals surface area (Å²) in [6, 6.07) is 5.74. The molecule has 2 bridgehead atoms. The normalized spacial score (nSPS) is 21.1. The van der Waals surface area contributed by atoms with E-state index in [0.29, 0.717) is 37.6 Å². The van der Waals surface area contributed by atoms with Crippen LogP contribution in [0.1, 0.15) is 25.8 Å². The van der Waals surface area contributed by atoms with Gasteiger partial charge in [-0.25, -0.2) is 19.7 Å². The van der Waals surface area contributed by atoms with Crippen LogP contribution in [0, 0.1) is 0 Å². The number of aromatic nitrogens is 3. The highest BCUT2D eigenvalue weighted by Crippen LogP contribution is 2.43. The van der Waals surface area contributed by atoms with Gasteiger partial charge in [-0.05, 0) is 38.5 Å². The lowest BCUT2D eigenvalue weighted by Gasteiger charge is -2.36. The molecule has 3 aliphatic rings. The summed E-state index contributed by atoms with van der Waals surface area (Å²) in [6.45, 7) is 5.54. The van der Waals surface area contributed by atoms with Crippen molar-refractivity contribution >= 4 is 35.0 Å². The highest BCUT2D eigenvalue weighted by atomic mass is 35.5. The number of ether oxygens (including phenoxy) is 3. The fourth-order valence-electron chi connectivity index (χ4n) is 5.18. The number of carbonyl (C=O) groups is 1. The minimum Gasteiger partial charge on any atom is -0.474 e. The lowest BCUT2D eigenvalue weighted by molar-refractivity contribution is -0.141. The molecule has 2 saturated heterocycles. The standard InChI is InChI=1S/C27H26ClF3N6O4/c1-26(2)40-14-18(41-26)13-39-22-11-32-21(10-33-22)34-25(38)37-17-6-7-36(12-17)20-9-19(28)23(35-24(20)37)15-4-3-5-16(8-15)27(29,30)31/h3-5,8-11,17-18H,6-7,12-14H2,1-2H3,(H,32,34,38)/t17-,18?/m0/s1. The Kier molecular flexibility index (Phi) is 6.91. The van der Waals surface area contributed by atoms with E-state index in [1.165, 1.54) is 29.4 Å². The zero-order chi connectivity index (χ0) is 28.9. The van der Waals surface area contributed by atoms with Crippen LogP contribution in [0.3, 0.4) is 0 Å². The molecule has 0 spiro atoms. The quantitative estimate of drug-likeness (QED) is 0.423. The zero-order valence-corrected chi connectivity index (χ0v) is 22.9. The summed E-state index contributed by atoms with van der Waals surface area (Å²) in [5, 5.41) is 2.93. The van der Waals surface area contributed by atoms with Gasteiger partial charge in [0.1, 0.15) is 12.7 Å². The number of anilines is 3. The number of urea groups is 1. The van der Waals surface area contributed by atoms with E-state index in [0.717, 1.165) is 12.1 Å². The SMILES string of the molecule is CC1(C)OCC(COc2cnc(NC(=O)N3c4nc(-c5cccc(C(F)(F)F)c5)c(Cl)cc4N4CC[C@H]3C4)cn2)O1. The van der Waals surface area contributed by atoms with Crippen molar-refractivity contribution in [1.29, 1.82) is 0 Å². The first-order chi connectivity index (χ1) is 19.5. The molecule has 6 rings (SSSR count). The number of nitrogens with zero attached hydrogens (tertiary/aromatic N) is 5. The molecule has 14 heteroatoms. The van der Waals surface area contributed by atoms with Crippen molar-refractivity contribution in [3.63, 3.8) is 0 Å². The van der Waals surface area contributed by atoms with Crippen LogP contribution in [0.5, 0.6) is 5.88 Å². The zero-order valence-electron chi connectivity index (χ0n) is 22.1. The summed E-state index contributed by atoms with van der Waals surface area (Å²) in [5.41, 5.74) is 0.160. The van der Waals surface area contributed by atoms with Crippen LogP contribution < -0.4 is 19.9 Å². The van der Waals surface area contributed by atoms with Gasteiger partial charge in [-0.3, -0.25) is 10.2 Å². The van der Waals surface area contributed by atoms with Crippen LogP contribution in [-0.2, 0) is 15.7 Å². The molecule has 3 aromatic rings. The minimum atomic E-state index is -4.52. The Bertz CT molecular complexity index is 1470. The molecule has 10 nitrogen and oxygen atoms in total. The number of fused-ring (bicyclic) bond motifs is 4. The summed E-state index contributed by atoms with van der Waals surface area (Å²) >= 11 is 6.52. The minimum absolute atomic E-state index is 0.151. The van der Waals surface area contributed by atoms with Gasteiger partial charge in [0.2, 0.25) is 5.88 Å². The van der Waals surface area contributed by atoms with Crippen molar-refractivity contribution in [1.82, 2.24) is 15.0 Å². The van der Waals surface area contributed by atoms with Gasteiger partial charge in [-0.15, -0.1) is 0 Å². The molecule has 2 aromatic heterocycles. The second kappa shape index (κ2) is 10.3. The fraction of sp³-hybridized carbons (Fsp3) is 0.407. The summed E-state index contributed by atoms with van der Waals surface area (Å²) in [6.07, 6.45) is -1.31. The molecule has 0 aliphatic carbocycles. The van der Waals surface area contributed by atoms with E-state index in [9.17, 15) is 18.0 Å². The topological polar surface area (TPSA) is 102 Å². The number of alkyl halides is 3. The molecular formula is C27H26ClF3N6O4. The van der Waals surface area contributed by atoms with Gasteiger partial charge in [0.05, 0.1) is 47.0 Å². The summed E-state index contributed by atoms with van der Waals surface area (Å²) in [5.74, 6) is 0.0967. The number of nitrogens with one attached hydrogen (secondary N) is 1. The van der Waals surface area contributed by atoms with E-state index in [1.54, 1.807) is 6.07 Å². The Morgan fingerprint density at radius 1 is 1.24 bits per heavy atom. The van der Waals surface area contributed by atoms with Crippen molar-refractivity contribution < 1.29 is 32.2 Å². The van der Waals surface area contributed by atoms with Crippen molar-refractivity contribution in [2.24, 2.45) is 0 Å². The van der Waals surface area contributed by atoms with E-state index in [-0.39, 0.29) is 46.7 Å². The molecule has 2 atom stereocenters. The number of halogens is 4. The van der Waals surface area contributed by atoms with Crippen molar-refractivity contribution in [3.8, 4) is 17.1 Å². The molecule has 5 heterocycles. The van der Waals surface area contributed by atoms with Gasteiger partial charge < -0.3 is 19.1 Å². The Labute approximate surface area is 238 Å². The number of rotatable bonds is 5. The summed E-state index contributed by atoms with van der Waals surface area (Å²) in [4.78, 5) is 30.2. The Balaban J connectivity index is 1.21. The third-order valence-electron chi connectivity index (χ3n) is 7.06. The van der Waals surface area contributed by atoms with E-state index < -0.39 is 23.6 Å². The number of benzene rings is 1. The van der Waals surface area contributed by atoms with Gasteiger partial charge in [0.25, 0.3) is 0 Å². The average Bonchev–Trinajstić information content (AvgIpc) is 3.51. The van der Waals surface area contributed by atoms with Gasteiger partial charge >= 0.3 is 12.2 Å². The van der Waals surface area contributed by atoms with Gasteiger partial charge in [-0.1, -0.05) is 23.7 Å². The van der Waals surface area contributed by atoms with Crippen LogP contribution in [0.2, 0.25) is 5.02 Å². The maximum Gasteiger partial charge on any atom is 0.416 e. The molecule has 2 fully saturated rings. The molecule has 1 unspecified atom stereocenters. The van der Waals surface area contributed by atoms with Gasteiger partial charge in [0, 0.05) is 18.7 Å². The van der Waals surface area contributed by atoms with Crippen molar-refractivity contribution in [2.45, 2.75) is 44.4 Å². The van der Waals surface area contributed by atoms with Crippen molar-refractivity contribution in [2.75, 3.05) is 41.4 Å². The predicted molar refractivity (Wildman–Crippen MR) is 144 cm³/mol. The number of pyridine rings is 1. The monoisotopic (exact) mass is 590 g/mol. The molecule has 0 saturated carbocycles. The van der Waals surface area contributed by atoms with Crippen molar-refractivity contribution in [3.05, 3.63) is 53.3 Å². The Morgan fingerprint density at radius 3 is 2.78 bits per heavy atom. The smallest absolute Gasteiger partial charge is 0.416 e. The third kappa shape index (κ3) is 5.61. The van der Waals surface area contributed by atoms with E-state index in [1.807, 2.05) is 13.8 Å². The second-order valence-corrected chi connectivity index (χ2v) is 10.8. The number of hydrogen-bond donors (Lipinski definition) is 1. The largest absolute Gasteiger partial charge is 0.474 e. The molecule has 1 N–H and O–H groups in total. The summed E-state index contributed by atoms with van der Waals surface area (Å²) < 4.78 is 56.9. The number of carbonyl (C=O) groups excluding carboxylic acids is 1. The first-order valence-electron chi connectivity index (χ1n) is 13.0. The maximum absolute atomic E-state index is 13.5. The molecule has 3 aliphatic heterocycles. The van der Waals surface area contributed by atoms with E-state index in [4.69, 9.17) is 25.8 Å². The van der Waals surface area contributed by atoms with Gasteiger partial charge in [-0.2, -0.15) is 13.2 Å². The number of amides is 2.